The molecule has 0 aliphatic carbocycles. The van der Waals surface area contributed by atoms with E-state index >= 15 is 0 Å². The lowest BCUT2D eigenvalue weighted by Gasteiger charge is -2.38. The molecule has 0 fully saturated rings. The van der Waals surface area contributed by atoms with Crippen molar-refractivity contribution in [2.75, 3.05) is 19.1 Å². The van der Waals surface area contributed by atoms with Gasteiger partial charge >= 0.3 is 0 Å². The minimum Gasteiger partial charge on any atom is -0.493 e. The van der Waals surface area contributed by atoms with Crippen molar-refractivity contribution in [2.45, 2.75) is 65.6 Å². The molecule has 1 unspecified atom stereocenters. The van der Waals surface area contributed by atoms with Crippen LogP contribution in [0.1, 0.15) is 59.7 Å². The Labute approximate surface area is 203 Å². The van der Waals surface area contributed by atoms with Gasteiger partial charge in [-0.15, -0.1) is 0 Å². The molecule has 2 heterocycles. The molecule has 178 valence electrons. The van der Waals surface area contributed by atoms with Crippen LogP contribution >= 0.6 is 0 Å². The highest BCUT2D eigenvalue weighted by atomic mass is 16.5. The van der Waals surface area contributed by atoms with Gasteiger partial charge in [-0.1, -0.05) is 29.8 Å². The smallest absolute Gasteiger partial charge is 0.161 e. The Morgan fingerprint density at radius 2 is 1.38 bits per heavy atom. The van der Waals surface area contributed by atoms with Crippen LogP contribution in [0.25, 0.3) is 0 Å². The maximum atomic E-state index is 6.64. The van der Waals surface area contributed by atoms with Crippen molar-refractivity contribution in [3.63, 3.8) is 0 Å². The molecule has 0 saturated heterocycles. The van der Waals surface area contributed by atoms with Crippen molar-refractivity contribution in [1.82, 2.24) is 0 Å². The van der Waals surface area contributed by atoms with Gasteiger partial charge in [0.05, 0.1) is 19.6 Å². The van der Waals surface area contributed by atoms with Crippen molar-refractivity contribution in [3.05, 3.63) is 81.4 Å². The summed E-state index contributed by atoms with van der Waals surface area (Å²) >= 11 is 0. The fourth-order valence-corrected chi connectivity index (χ4v) is 6.06. The average Bonchev–Trinajstić information content (AvgIpc) is 3.28. The Morgan fingerprint density at radius 3 is 1.91 bits per heavy atom. The maximum Gasteiger partial charge on any atom is 0.161 e. The molecule has 1 atom stereocenters. The second-order valence-corrected chi connectivity index (χ2v) is 10.5. The summed E-state index contributed by atoms with van der Waals surface area (Å²) in [6.45, 7) is 15.1. The zero-order valence-corrected chi connectivity index (χ0v) is 21.6. The molecule has 0 amide bonds. The van der Waals surface area contributed by atoms with Crippen molar-refractivity contribution < 1.29 is 14.2 Å². The van der Waals surface area contributed by atoms with Crippen molar-refractivity contribution in [1.29, 1.82) is 0 Å². The minimum atomic E-state index is -0.366. The number of anilines is 1. The van der Waals surface area contributed by atoms with Gasteiger partial charge in [-0.05, 0) is 87.6 Å². The first-order valence-corrected chi connectivity index (χ1v) is 12.0. The topological polar surface area (TPSA) is 30.9 Å². The standard InChI is InChI=1S/C30H35NO3/c1-18-9-11-23(12-10-18)30(6)27-20(3)28(19(2)13-26(27)34-29(30,4)5)31-16-21-14-24(32-7)25(33-8)15-22(21)17-31/h9-15H,16-17H2,1-8H3. The predicted molar refractivity (Wildman–Crippen MR) is 138 cm³/mol. The van der Waals surface area contributed by atoms with Gasteiger partial charge in [0, 0.05) is 24.3 Å². The van der Waals surface area contributed by atoms with E-state index in [2.05, 4.69) is 88.9 Å². The molecule has 5 rings (SSSR count). The lowest BCUT2D eigenvalue weighted by Crippen LogP contribution is -2.45. The van der Waals surface area contributed by atoms with Gasteiger partial charge < -0.3 is 19.1 Å². The number of aryl methyl sites for hydroxylation is 2. The van der Waals surface area contributed by atoms with Gasteiger partial charge in [0.15, 0.2) is 11.5 Å². The van der Waals surface area contributed by atoms with E-state index in [0.29, 0.717) is 0 Å². The predicted octanol–water partition coefficient (Wildman–Crippen LogP) is 6.63. The first-order chi connectivity index (χ1) is 16.1. The van der Waals surface area contributed by atoms with Crippen molar-refractivity contribution in [2.24, 2.45) is 0 Å². The number of nitrogens with zero attached hydrogens (tertiary/aromatic N) is 1. The Balaban J connectivity index is 1.63. The molecule has 0 saturated carbocycles. The maximum absolute atomic E-state index is 6.64. The van der Waals surface area contributed by atoms with Crippen LogP contribution in [0.3, 0.4) is 0 Å². The van der Waals surface area contributed by atoms with E-state index in [9.17, 15) is 0 Å². The second-order valence-electron chi connectivity index (χ2n) is 10.5. The van der Waals surface area contributed by atoms with Crippen LogP contribution in [0, 0.1) is 20.8 Å². The second kappa shape index (κ2) is 7.69. The Hall–Kier alpha value is -3.14. The monoisotopic (exact) mass is 457 g/mol. The SMILES string of the molecule is COc1cc2c(cc1OC)CN(c1c(C)cc3c(c1C)C(C)(c1ccc(C)cc1)C(C)(C)O3)C2. The third kappa shape index (κ3) is 3.11. The van der Waals surface area contributed by atoms with Crippen LogP contribution < -0.4 is 19.1 Å². The fourth-order valence-electron chi connectivity index (χ4n) is 6.06. The van der Waals surface area contributed by atoms with E-state index < -0.39 is 0 Å². The molecular formula is C30H35NO3. The number of methoxy groups -OCH3 is 2. The fraction of sp³-hybridized carbons (Fsp3) is 0.400. The van der Waals surface area contributed by atoms with Gasteiger partial charge in [0.2, 0.25) is 0 Å². The number of fused-ring (bicyclic) bond motifs is 2. The largest absolute Gasteiger partial charge is 0.493 e. The average molecular weight is 458 g/mol. The summed E-state index contributed by atoms with van der Waals surface area (Å²) in [6.07, 6.45) is 0. The highest BCUT2D eigenvalue weighted by Crippen LogP contribution is 2.56. The van der Waals surface area contributed by atoms with Gasteiger partial charge in [-0.25, -0.2) is 0 Å². The van der Waals surface area contributed by atoms with E-state index in [0.717, 1.165) is 30.3 Å². The summed E-state index contributed by atoms with van der Waals surface area (Å²) in [5, 5.41) is 0. The normalized spacial score (nSPS) is 20.1. The van der Waals surface area contributed by atoms with Crippen LogP contribution in [-0.2, 0) is 18.5 Å². The zero-order valence-electron chi connectivity index (χ0n) is 21.6. The number of rotatable bonds is 4. The highest BCUT2D eigenvalue weighted by Gasteiger charge is 2.54. The van der Waals surface area contributed by atoms with E-state index in [1.54, 1.807) is 14.2 Å². The summed E-state index contributed by atoms with van der Waals surface area (Å²) in [5.41, 5.74) is 9.65. The molecule has 2 aliphatic heterocycles. The molecule has 4 heteroatoms. The van der Waals surface area contributed by atoms with Crippen LogP contribution in [0.2, 0.25) is 0 Å². The van der Waals surface area contributed by atoms with Crippen LogP contribution in [0.4, 0.5) is 5.69 Å². The molecule has 34 heavy (non-hydrogen) atoms. The molecule has 2 aliphatic rings. The lowest BCUT2D eigenvalue weighted by atomic mass is 9.66. The first kappa shape index (κ1) is 22.6. The molecule has 0 N–H and O–H groups in total. The number of benzene rings is 3. The summed E-state index contributed by atoms with van der Waals surface area (Å²) < 4.78 is 17.8. The molecule has 0 bridgehead atoms. The summed E-state index contributed by atoms with van der Waals surface area (Å²) in [5.74, 6) is 2.58. The molecule has 0 aromatic heterocycles. The third-order valence-electron chi connectivity index (χ3n) is 8.14. The van der Waals surface area contributed by atoms with E-state index in [4.69, 9.17) is 14.2 Å². The Bertz CT molecular complexity index is 1240. The lowest BCUT2D eigenvalue weighted by molar-refractivity contribution is 0.0811. The van der Waals surface area contributed by atoms with E-state index in [1.165, 1.54) is 44.6 Å². The molecule has 3 aromatic carbocycles. The first-order valence-electron chi connectivity index (χ1n) is 12.0. The van der Waals surface area contributed by atoms with E-state index in [1.807, 2.05) is 0 Å². The highest BCUT2D eigenvalue weighted by molar-refractivity contribution is 5.71. The summed E-state index contributed by atoms with van der Waals surface area (Å²) in [4.78, 5) is 2.48. The Morgan fingerprint density at radius 1 is 0.824 bits per heavy atom. The molecule has 3 aromatic rings. The molecule has 4 nitrogen and oxygen atoms in total. The summed E-state index contributed by atoms with van der Waals surface area (Å²) in [6, 6.07) is 15.4. The molecular weight excluding hydrogens is 422 g/mol. The third-order valence-corrected chi connectivity index (χ3v) is 8.14. The van der Waals surface area contributed by atoms with Gasteiger partial charge in [-0.2, -0.15) is 0 Å². The summed E-state index contributed by atoms with van der Waals surface area (Å²) in [7, 11) is 3.39. The number of hydrogen-bond donors (Lipinski definition) is 0. The van der Waals surface area contributed by atoms with E-state index in [-0.39, 0.29) is 11.0 Å². The van der Waals surface area contributed by atoms with Gasteiger partial charge in [0.1, 0.15) is 11.4 Å². The van der Waals surface area contributed by atoms with Gasteiger partial charge in [-0.3, -0.25) is 0 Å². The number of ether oxygens (including phenoxy) is 3. The molecule has 0 radical (unpaired) electrons. The van der Waals surface area contributed by atoms with Crippen LogP contribution in [0.15, 0.2) is 42.5 Å². The van der Waals surface area contributed by atoms with Crippen molar-refractivity contribution in [3.8, 4) is 17.2 Å². The van der Waals surface area contributed by atoms with Crippen molar-refractivity contribution >= 4 is 5.69 Å². The molecule has 0 spiro atoms. The van der Waals surface area contributed by atoms with Crippen LogP contribution in [0.5, 0.6) is 17.2 Å². The zero-order chi connectivity index (χ0) is 24.4. The minimum absolute atomic E-state index is 0.262. The number of hydrogen-bond acceptors (Lipinski definition) is 4. The Kier molecular flexibility index (Phi) is 5.12. The van der Waals surface area contributed by atoms with Crippen LogP contribution in [-0.4, -0.2) is 19.8 Å². The van der Waals surface area contributed by atoms with Gasteiger partial charge in [0.25, 0.3) is 0 Å². The quantitative estimate of drug-likeness (QED) is 0.440.